The molecule has 0 spiro atoms. The largest absolute Gasteiger partial charge is 0.493 e. The van der Waals surface area contributed by atoms with Gasteiger partial charge in [-0.1, -0.05) is 5.21 Å². The second-order valence-electron chi connectivity index (χ2n) is 9.36. The monoisotopic (exact) mass is 538 g/mol. The summed E-state index contributed by atoms with van der Waals surface area (Å²) in [6.07, 6.45) is 2.36. The van der Waals surface area contributed by atoms with Crippen LogP contribution in [0.3, 0.4) is 0 Å². The molecule has 6 rings (SSSR count). The van der Waals surface area contributed by atoms with Gasteiger partial charge in [0.05, 0.1) is 25.5 Å². The van der Waals surface area contributed by atoms with Gasteiger partial charge in [-0.25, -0.2) is 4.39 Å². The van der Waals surface area contributed by atoms with Crippen LogP contribution in [-0.2, 0) is 13.2 Å². The highest BCUT2D eigenvalue weighted by molar-refractivity contribution is 5.97. The third kappa shape index (κ3) is 6.45. The van der Waals surface area contributed by atoms with Gasteiger partial charge >= 0.3 is 0 Å². The molecular formula is C27H31FN6O5. The van der Waals surface area contributed by atoms with Crippen LogP contribution in [0.2, 0.25) is 0 Å². The lowest BCUT2D eigenvalue weighted by molar-refractivity contribution is 0.0633. The highest BCUT2D eigenvalue weighted by atomic mass is 19.1. The number of hydrogen-bond acceptors (Lipinski definition) is 8. The normalized spacial score (nSPS) is 17.5. The molecule has 4 heterocycles. The van der Waals surface area contributed by atoms with Crippen molar-refractivity contribution in [2.45, 2.75) is 19.6 Å². The average Bonchev–Trinajstić information content (AvgIpc) is 3.41. The Bertz CT molecular complexity index is 1320. The third-order valence-electron chi connectivity index (χ3n) is 6.72. The van der Waals surface area contributed by atoms with Crippen molar-refractivity contribution in [3.8, 4) is 17.2 Å². The quantitative estimate of drug-likeness (QED) is 0.501. The van der Waals surface area contributed by atoms with Crippen molar-refractivity contribution in [3.05, 3.63) is 65.2 Å². The maximum atomic E-state index is 14.1. The SMILES string of the molecule is COc1ccc2cc1OCc1cn(nn1)CCCOc1ccc(F)cc1C(=O)N1CCN(CCNC2=O)CC1. The maximum Gasteiger partial charge on any atom is 0.257 e. The Balaban J connectivity index is 1.34. The predicted molar refractivity (Wildman–Crippen MR) is 139 cm³/mol. The first-order valence-corrected chi connectivity index (χ1v) is 12.9. The minimum Gasteiger partial charge on any atom is -0.493 e. The van der Waals surface area contributed by atoms with E-state index in [4.69, 9.17) is 14.2 Å². The fraction of sp³-hybridized carbons (Fsp3) is 0.407. The number of piperazine rings is 1. The zero-order valence-corrected chi connectivity index (χ0v) is 21.8. The Kier molecular flexibility index (Phi) is 8.21. The van der Waals surface area contributed by atoms with Crippen LogP contribution < -0.4 is 19.5 Å². The number of nitrogens with one attached hydrogen (secondary N) is 1. The van der Waals surface area contributed by atoms with E-state index in [-0.39, 0.29) is 24.0 Å². The molecule has 0 radical (unpaired) electrons. The molecule has 1 N–H and O–H groups in total. The van der Waals surface area contributed by atoms with Crippen molar-refractivity contribution in [2.75, 3.05) is 53.0 Å². The minimum absolute atomic E-state index is 0.143. The van der Waals surface area contributed by atoms with Crippen LogP contribution in [0.15, 0.2) is 42.6 Å². The summed E-state index contributed by atoms with van der Waals surface area (Å²) in [7, 11) is 1.54. The number of amides is 2. The number of aryl methyl sites for hydroxylation is 1. The van der Waals surface area contributed by atoms with Crippen molar-refractivity contribution in [1.29, 1.82) is 0 Å². The third-order valence-corrected chi connectivity index (χ3v) is 6.72. The minimum atomic E-state index is -0.488. The molecule has 2 amide bonds. The summed E-state index contributed by atoms with van der Waals surface area (Å²) in [5, 5.41) is 11.2. The number of benzene rings is 2. The van der Waals surface area contributed by atoms with Gasteiger partial charge in [0.1, 0.15) is 23.9 Å². The predicted octanol–water partition coefficient (Wildman–Crippen LogP) is 1.98. The van der Waals surface area contributed by atoms with Crippen molar-refractivity contribution >= 4 is 11.8 Å². The van der Waals surface area contributed by atoms with E-state index < -0.39 is 5.82 Å². The highest BCUT2D eigenvalue weighted by Gasteiger charge is 2.25. The van der Waals surface area contributed by atoms with Crippen LogP contribution in [0.25, 0.3) is 0 Å². The van der Waals surface area contributed by atoms with Gasteiger partial charge in [-0.05, 0) is 36.4 Å². The van der Waals surface area contributed by atoms with Gasteiger partial charge in [-0.3, -0.25) is 19.2 Å². The molecule has 0 atom stereocenters. The molecular weight excluding hydrogens is 507 g/mol. The van der Waals surface area contributed by atoms with Gasteiger partial charge in [-0.15, -0.1) is 5.10 Å². The number of hydrogen-bond donors (Lipinski definition) is 1. The number of rotatable bonds is 1. The molecule has 1 fully saturated rings. The molecule has 3 aliphatic heterocycles. The van der Waals surface area contributed by atoms with Gasteiger partial charge in [0.2, 0.25) is 0 Å². The van der Waals surface area contributed by atoms with Crippen LogP contribution in [-0.4, -0.2) is 89.6 Å². The number of halogens is 1. The molecule has 11 nitrogen and oxygen atoms in total. The summed E-state index contributed by atoms with van der Waals surface area (Å²) in [6, 6.07) is 9.05. The van der Waals surface area contributed by atoms with E-state index >= 15 is 0 Å². The van der Waals surface area contributed by atoms with Crippen LogP contribution >= 0.6 is 0 Å². The molecule has 3 aliphatic rings. The van der Waals surface area contributed by atoms with Gasteiger partial charge < -0.3 is 24.4 Å². The molecule has 0 aliphatic carbocycles. The smallest absolute Gasteiger partial charge is 0.257 e. The lowest BCUT2D eigenvalue weighted by atomic mass is 10.1. The second kappa shape index (κ2) is 12.1. The zero-order chi connectivity index (χ0) is 27.2. The topological polar surface area (TPSA) is 111 Å². The van der Waals surface area contributed by atoms with Gasteiger partial charge in [0.15, 0.2) is 11.5 Å². The molecule has 3 aromatic rings. The lowest BCUT2D eigenvalue weighted by Crippen LogP contribution is -2.50. The zero-order valence-electron chi connectivity index (χ0n) is 21.8. The van der Waals surface area contributed by atoms with E-state index in [0.717, 1.165) is 0 Å². The Morgan fingerprint density at radius 1 is 0.974 bits per heavy atom. The molecule has 2 aromatic carbocycles. The number of methoxy groups -OCH3 is 1. The van der Waals surface area contributed by atoms with E-state index in [0.29, 0.717) is 87.3 Å². The molecule has 1 aromatic heterocycles. The Labute approximate surface area is 225 Å². The summed E-state index contributed by atoms with van der Waals surface area (Å²) in [5.41, 5.74) is 1.27. The van der Waals surface area contributed by atoms with E-state index in [2.05, 4.69) is 20.5 Å². The first-order valence-electron chi connectivity index (χ1n) is 12.9. The Morgan fingerprint density at radius 3 is 2.64 bits per heavy atom. The fourth-order valence-corrected chi connectivity index (χ4v) is 4.57. The fourth-order valence-electron chi connectivity index (χ4n) is 4.57. The number of nitrogens with zero attached hydrogens (tertiary/aromatic N) is 5. The standard InChI is InChI=1S/C27H31FN6O5/c1-37-24-5-3-19-15-25(24)39-18-21-17-34(31-30-21)8-2-14-38-23-6-4-20(28)16-22(23)27(36)33-12-10-32(11-13-33)9-7-29-26(19)35/h3-6,15-17H,2,7-14,18H2,1H3,(H,29,35). The maximum absolute atomic E-state index is 14.1. The lowest BCUT2D eigenvalue weighted by Gasteiger charge is -2.35. The number of aromatic nitrogens is 3. The van der Waals surface area contributed by atoms with Gasteiger partial charge in [-0.2, -0.15) is 0 Å². The van der Waals surface area contributed by atoms with Gasteiger partial charge in [0.25, 0.3) is 11.8 Å². The average molecular weight is 539 g/mol. The van der Waals surface area contributed by atoms with Crippen molar-refractivity contribution in [2.24, 2.45) is 0 Å². The number of ether oxygens (including phenoxy) is 3. The second-order valence-corrected chi connectivity index (χ2v) is 9.36. The van der Waals surface area contributed by atoms with E-state index in [1.54, 1.807) is 41.1 Å². The number of fused-ring (bicyclic) bond motifs is 9. The number of carbonyl (C=O) groups is 2. The summed E-state index contributed by atoms with van der Waals surface area (Å²) in [4.78, 5) is 29.9. The first kappa shape index (κ1) is 26.4. The Morgan fingerprint density at radius 2 is 1.82 bits per heavy atom. The summed E-state index contributed by atoms with van der Waals surface area (Å²) >= 11 is 0. The van der Waals surface area contributed by atoms with Crippen LogP contribution in [0.4, 0.5) is 4.39 Å². The van der Waals surface area contributed by atoms with Crippen molar-refractivity contribution < 1.29 is 28.2 Å². The molecule has 0 unspecified atom stereocenters. The van der Waals surface area contributed by atoms with Crippen molar-refractivity contribution in [1.82, 2.24) is 30.1 Å². The van der Waals surface area contributed by atoms with Crippen LogP contribution in [0.1, 0.15) is 32.8 Å². The van der Waals surface area contributed by atoms with Crippen molar-refractivity contribution in [3.63, 3.8) is 0 Å². The summed E-state index contributed by atoms with van der Waals surface area (Å²) in [5.74, 6) is 0.328. The molecule has 12 heteroatoms. The summed E-state index contributed by atoms with van der Waals surface area (Å²) < 4.78 is 32.9. The highest BCUT2D eigenvalue weighted by Crippen LogP contribution is 2.29. The van der Waals surface area contributed by atoms with Gasteiger partial charge in [0, 0.05) is 57.8 Å². The number of carbonyl (C=O) groups excluding carboxylic acids is 2. The molecule has 39 heavy (non-hydrogen) atoms. The first-order chi connectivity index (χ1) is 19.0. The molecule has 6 bridgehead atoms. The molecule has 206 valence electrons. The summed E-state index contributed by atoms with van der Waals surface area (Å²) in [6.45, 7) is 4.35. The van der Waals surface area contributed by atoms with E-state index in [9.17, 15) is 14.0 Å². The Hall–Kier alpha value is -4.19. The molecule has 1 saturated heterocycles. The molecule has 0 saturated carbocycles. The van der Waals surface area contributed by atoms with Crippen LogP contribution in [0.5, 0.6) is 17.2 Å². The van der Waals surface area contributed by atoms with Crippen LogP contribution in [0, 0.1) is 5.82 Å². The van der Waals surface area contributed by atoms with E-state index in [1.807, 2.05) is 0 Å². The van der Waals surface area contributed by atoms with E-state index in [1.165, 1.54) is 18.2 Å².